The van der Waals surface area contributed by atoms with Gasteiger partial charge in [0.2, 0.25) is 6.79 Å². The monoisotopic (exact) mass is 329 g/mol. The Morgan fingerprint density at radius 2 is 1.92 bits per heavy atom. The predicted molar refractivity (Wildman–Crippen MR) is 95.2 cm³/mol. The van der Waals surface area contributed by atoms with Gasteiger partial charge in [0.25, 0.3) is 0 Å². The zero-order chi connectivity index (χ0) is 16.8. The van der Waals surface area contributed by atoms with E-state index in [0.29, 0.717) is 0 Å². The van der Waals surface area contributed by atoms with Gasteiger partial charge in [-0.3, -0.25) is 9.55 Å². The minimum absolute atomic E-state index is 0.268. The highest BCUT2D eigenvalue weighted by Crippen LogP contribution is 2.36. The van der Waals surface area contributed by atoms with Crippen LogP contribution in [0.3, 0.4) is 0 Å². The molecule has 0 saturated heterocycles. The Bertz CT molecular complexity index is 1100. The summed E-state index contributed by atoms with van der Waals surface area (Å²) in [5, 5.41) is 1.10. The van der Waals surface area contributed by atoms with Gasteiger partial charge in [0.1, 0.15) is 5.82 Å². The molecule has 2 aromatic heterocycles. The van der Waals surface area contributed by atoms with Crippen LogP contribution in [0, 0.1) is 6.92 Å². The van der Waals surface area contributed by atoms with E-state index in [1.165, 1.54) is 0 Å². The highest BCUT2D eigenvalue weighted by molar-refractivity contribution is 5.81. The smallest absolute Gasteiger partial charge is 0.231 e. The van der Waals surface area contributed by atoms with Gasteiger partial charge < -0.3 is 9.47 Å². The number of fused-ring (bicyclic) bond motifs is 2. The third-order valence-corrected chi connectivity index (χ3v) is 4.32. The average molecular weight is 329 g/mol. The van der Waals surface area contributed by atoms with Crippen molar-refractivity contribution in [3.05, 3.63) is 66.6 Å². The lowest BCUT2D eigenvalue weighted by Gasteiger charge is -2.09. The van der Waals surface area contributed by atoms with Crippen LogP contribution in [0.2, 0.25) is 0 Å². The molecule has 0 radical (unpaired) electrons. The highest BCUT2D eigenvalue weighted by Gasteiger charge is 2.17. The normalized spacial score (nSPS) is 12.7. The second kappa shape index (κ2) is 5.34. The van der Waals surface area contributed by atoms with Crippen LogP contribution in [0.1, 0.15) is 5.69 Å². The molecule has 0 amide bonds. The van der Waals surface area contributed by atoms with Crippen molar-refractivity contribution < 1.29 is 9.47 Å². The van der Waals surface area contributed by atoms with Gasteiger partial charge in [-0.05, 0) is 49.4 Å². The fourth-order valence-electron chi connectivity index (χ4n) is 3.15. The molecular weight excluding hydrogens is 314 g/mol. The van der Waals surface area contributed by atoms with E-state index in [1.807, 2.05) is 43.5 Å². The van der Waals surface area contributed by atoms with Crippen molar-refractivity contribution in [1.29, 1.82) is 0 Å². The van der Waals surface area contributed by atoms with E-state index in [4.69, 9.17) is 14.5 Å². The van der Waals surface area contributed by atoms with Gasteiger partial charge in [0.15, 0.2) is 11.5 Å². The number of ether oxygens (including phenoxy) is 2. The molecule has 0 fully saturated rings. The molecular formula is C20H15N3O2. The maximum Gasteiger partial charge on any atom is 0.231 e. The summed E-state index contributed by atoms with van der Waals surface area (Å²) >= 11 is 0. The van der Waals surface area contributed by atoms with E-state index < -0.39 is 0 Å². The van der Waals surface area contributed by atoms with Crippen LogP contribution in [-0.2, 0) is 0 Å². The molecule has 0 N–H and O–H groups in total. The Labute approximate surface area is 144 Å². The van der Waals surface area contributed by atoms with Gasteiger partial charge in [0.05, 0.1) is 11.2 Å². The lowest BCUT2D eigenvalue weighted by Crippen LogP contribution is -1.96. The quantitative estimate of drug-likeness (QED) is 0.555. The number of benzene rings is 2. The zero-order valence-corrected chi connectivity index (χ0v) is 13.6. The van der Waals surface area contributed by atoms with Gasteiger partial charge in [-0.15, -0.1) is 0 Å². The van der Waals surface area contributed by atoms with E-state index in [0.717, 1.165) is 45.2 Å². The largest absolute Gasteiger partial charge is 0.454 e. The Morgan fingerprint density at radius 1 is 1.00 bits per heavy atom. The second-order valence-electron chi connectivity index (χ2n) is 6.02. The van der Waals surface area contributed by atoms with Crippen molar-refractivity contribution in [2.45, 2.75) is 6.92 Å². The van der Waals surface area contributed by atoms with E-state index in [9.17, 15) is 0 Å². The van der Waals surface area contributed by atoms with Gasteiger partial charge in [-0.2, -0.15) is 0 Å². The topological polar surface area (TPSA) is 49.2 Å². The fraction of sp³-hybridized carbons (Fsp3) is 0.100. The lowest BCUT2D eigenvalue weighted by molar-refractivity contribution is 0.174. The van der Waals surface area contributed by atoms with Gasteiger partial charge in [-0.1, -0.05) is 6.07 Å². The molecule has 0 aliphatic carbocycles. The molecule has 0 bridgehead atoms. The summed E-state index contributed by atoms with van der Waals surface area (Å²) < 4.78 is 13.0. The molecule has 5 heteroatoms. The number of hydrogen-bond acceptors (Lipinski definition) is 4. The summed E-state index contributed by atoms with van der Waals surface area (Å²) in [6.07, 6.45) is 3.85. The number of rotatable bonds is 2. The van der Waals surface area contributed by atoms with Crippen LogP contribution in [0.5, 0.6) is 11.5 Å². The van der Waals surface area contributed by atoms with Crippen LogP contribution in [0.4, 0.5) is 0 Å². The Hall–Kier alpha value is -3.34. The Balaban J connectivity index is 1.67. The maximum atomic E-state index is 5.50. The van der Waals surface area contributed by atoms with Crippen LogP contribution >= 0.6 is 0 Å². The SMILES string of the molecule is Cc1cn(-c2ccc3ncccc3c2)c(-c2ccc3c(c2)OCO3)n1. The van der Waals surface area contributed by atoms with E-state index >= 15 is 0 Å². The first-order valence-corrected chi connectivity index (χ1v) is 8.09. The van der Waals surface area contributed by atoms with Crippen LogP contribution in [-0.4, -0.2) is 21.3 Å². The molecule has 3 heterocycles. The Kier molecular flexibility index (Phi) is 3.00. The molecule has 2 aromatic carbocycles. The maximum absolute atomic E-state index is 5.50. The molecule has 0 spiro atoms. The second-order valence-corrected chi connectivity index (χ2v) is 6.02. The van der Waals surface area contributed by atoms with Crippen LogP contribution in [0.15, 0.2) is 60.9 Å². The first kappa shape index (κ1) is 14.0. The lowest BCUT2D eigenvalue weighted by atomic mass is 10.1. The molecule has 1 aliphatic rings. The number of aromatic nitrogens is 3. The summed E-state index contributed by atoms with van der Waals surface area (Å²) in [4.78, 5) is 9.10. The van der Waals surface area contributed by atoms with Crippen LogP contribution in [0.25, 0.3) is 28.0 Å². The minimum Gasteiger partial charge on any atom is -0.454 e. The molecule has 0 atom stereocenters. The van der Waals surface area contributed by atoms with Crippen molar-refractivity contribution in [3.63, 3.8) is 0 Å². The molecule has 1 aliphatic heterocycles. The fourth-order valence-corrected chi connectivity index (χ4v) is 3.15. The summed E-state index contributed by atoms with van der Waals surface area (Å²) in [7, 11) is 0. The molecule has 4 aromatic rings. The van der Waals surface area contributed by atoms with E-state index in [1.54, 1.807) is 6.20 Å². The first-order chi connectivity index (χ1) is 12.3. The predicted octanol–water partition coefficient (Wildman–Crippen LogP) is 4.12. The Morgan fingerprint density at radius 3 is 2.88 bits per heavy atom. The zero-order valence-electron chi connectivity index (χ0n) is 13.6. The molecule has 5 rings (SSSR count). The van der Waals surface area contributed by atoms with Crippen molar-refractivity contribution in [2.75, 3.05) is 6.79 Å². The summed E-state index contributed by atoms with van der Waals surface area (Å²) in [6.45, 7) is 2.26. The number of hydrogen-bond donors (Lipinski definition) is 0. The number of nitrogens with zero attached hydrogens (tertiary/aromatic N) is 3. The number of pyridine rings is 1. The third-order valence-electron chi connectivity index (χ3n) is 4.32. The van der Waals surface area contributed by atoms with Crippen molar-refractivity contribution in [3.8, 4) is 28.6 Å². The summed E-state index contributed by atoms with van der Waals surface area (Å²) in [6, 6.07) is 16.1. The van der Waals surface area contributed by atoms with Crippen LogP contribution < -0.4 is 9.47 Å². The molecule has 25 heavy (non-hydrogen) atoms. The highest BCUT2D eigenvalue weighted by atomic mass is 16.7. The summed E-state index contributed by atoms with van der Waals surface area (Å²) in [5.74, 6) is 2.40. The van der Waals surface area contributed by atoms with Gasteiger partial charge >= 0.3 is 0 Å². The first-order valence-electron chi connectivity index (χ1n) is 8.09. The van der Waals surface area contributed by atoms with E-state index in [2.05, 4.69) is 27.8 Å². The van der Waals surface area contributed by atoms with Crippen molar-refractivity contribution in [2.24, 2.45) is 0 Å². The summed E-state index contributed by atoms with van der Waals surface area (Å²) in [5.41, 5.74) is 3.98. The third kappa shape index (κ3) is 2.32. The average Bonchev–Trinajstić information content (AvgIpc) is 3.27. The molecule has 0 unspecified atom stereocenters. The van der Waals surface area contributed by atoms with Crippen molar-refractivity contribution >= 4 is 10.9 Å². The standard InChI is InChI=1S/C20H15N3O2/c1-13-11-23(16-5-6-17-14(9-16)3-2-8-21-17)20(22-13)15-4-7-18-19(10-15)25-12-24-18/h2-11H,12H2,1H3. The molecule has 5 nitrogen and oxygen atoms in total. The number of aryl methyl sites for hydroxylation is 1. The van der Waals surface area contributed by atoms with Crippen molar-refractivity contribution in [1.82, 2.24) is 14.5 Å². The molecule has 122 valence electrons. The minimum atomic E-state index is 0.268. The number of imidazole rings is 1. The molecule has 0 saturated carbocycles. The van der Waals surface area contributed by atoms with Gasteiger partial charge in [-0.25, -0.2) is 4.98 Å². The van der Waals surface area contributed by atoms with Gasteiger partial charge in [0, 0.05) is 29.0 Å². The van der Waals surface area contributed by atoms with E-state index in [-0.39, 0.29) is 6.79 Å².